The zero-order valence-corrected chi connectivity index (χ0v) is 33.0. The van der Waals surface area contributed by atoms with Crippen molar-refractivity contribution in [3.8, 4) is 0 Å². The molecule has 14 nitrogen and oxygen atoms in total. The van der Waals surface area contributed by atoms with Crippen molar-refractivity contribution in [3.05, 3.63) is 95.8 Å². The summed E-state index contributed by atoms with van der Waals surface area (Å²) in [6, 6.07) is 10.0. The van der Waals surface area contributed by atoms with Gasteiger partial charge >= 0.3 is 0 Å². The molecule has 0 saturated heterocycles. The Kier molecular flexibility index (Phi) is 13.7. The maximum atomic E-state index is 11.9. The Morgan fingerprint density at radius 2 is 1.42 bits per heavy atom. The highest BCUT2D eigenvalue weighted by Crippen LogP contribution is 2.48. The molecule has 2 heterocycles. The van der Waals surface area contributed by atoms with E-state index in [1.54, 1.807) is 6.07 Å². The van der Waals surface area contributed by atoms with E-state index in [1.807, 2.05) is 79.5 Å². The van der Waals surface area contributed by atoms with Gasteiger partial charge in [0.25, 0.3) is 30.4 Å². The van der Waals surface area contributed by atoms with Crippen molar-refractivity contribution < 1.29 is 58.1 Å². The molecule has 0 bridgehead atoms. The zero-order valence-electron chi connectivity index (χ0n) is 29.7. The predicted octanol–water partition coefficient (Wildman–Crippen LogP) is 6.42. The maximum Gasteiger partial charge on any atom is 0.294 e. The number of hydrogen-bond acceptors (Lipinski definition) is 11. The third-order valence-corrected chi connectivity index (χ3v) is 12.2. The van der Waals surface area contributed by atoms with Gasteiger partial charge in [-0.3, -0.25) is 13.7 Å². The summed E-state index contributed by atoms with van der Waals surface area (Å²) < 4.78 is 104. The Bertz CT molecular complexity index is 2170. The van der Waals surface area contributed by atoms with Gasteiger partial charge in [0.05, 0.1) is 33.9 Å². The number of benzene rings is 2. The van der Waals surface area contributed by atoms with Crippen LogP contribution < -0.4 is 4.90 Å². The van der Waals surface area contributed by atoms with Crippen LogP contribution in [0.15, 0.2) is 94.4 Å². The summed E-state index contributed by atoms with van der Waals surface area (Å²) >= 11 is 0.851. The first kappa shape index (κ1) is 42.6. The van der Waals surface area contributed by atoms with Crippen molar-refractivity contribution >= 4 is 59.5 Å². The molecule has 0 spiro atoms. The van der Waals surface area contributed by atoms with Crippen LogP contribution in [0.5, 0.6) is 0 Å². The summed E-state index contributed by atoms with van der Waals surface area (Å²) in [5.41, 5.74) is 3.96. The summed E-state index contributed by atoms with van der Waals surface area (Å²) in [5, 5.41) is 12.3. The second kappa shape index (κ2) is 17.1. The van der Waals surface area contributed by atoms with Gasteiger partial charge in [-0.15, -0.1) is 4.33 Å². The van der Waals surface area contributed by atoms with Crippen molar-refractivity contribution in [2.45, 2.75) is 74.0 Å². The predicted molar refractivity (Wildman–Crippen MR) is 203 cm³/mol. The topological polar surface area (TPSA) is 208 Å². The number of rotatable bonds is 18. The molecule has 2 aromatic rings. The molecule has 2 aromatic carbocycles. The van der Waals surface area contributed by atoms with Crippen LogP contribution in [-0.2, 0) is 50.6 Å². The molecule has 0 saturated carbocycles. The molecule has 0 amide bonds. The van der Waals surface area contributed by atoms with Crippen LogP contribution in [0.2, 0.25) is 0 Å². The van der Waals surface area contributed by atoms with E-state index in [4.69, 9.17) is 9.81 Å². The van der Waals surface area contributed by atoms with Gasteiger partial charge in [-0.1, -0.05) is 49.3 Å². The van der Waals surface area contributed by atoms with Crippen LogP contribution in [0.4, 0.5) is 11.4 Å². The Labute approximate surface area is 315 Å². The Balaban J connectivity index is 1.58. The standard InChI is InChI=1S/C35H44N2O12S4/c1-34(2)28-24-26(50-49-48-38)16-18-30(28)36(20-10-12-22-51(39,40)41)32(34)14-8-6-5-7-9-15-33-35(3,4)29-25-27(53(45,46)47)17-19-31(29)37(33)21-11-13-23-52(42,43)44/h5-9,14-19,24-25H,10-13,20-23H2,1-4H3,(H3-,38,39,40,41,42,43,44,45,46,47)/p+1. The molecule has 0 radical (unpaired) electrons. The minimum Gasteiger partial charge on any atom is -0.344 e. The second-order valence-corrected chi connectivity index (χ2v) is 19.0. The average molecular weight is 814 g/mol. The van der Waals surface area contributed by atoms with Crippen LogP contribution in [0.25, 0.3) is 0 Å². The summed E-state index contributed by atoms with van der Waals surface area (Å²) in [5.74, 6) is -0.707. The number of fused-ring (bicyclic) bond motifs is 2. The van der Waals surface area contributed by atoms with Crippen molar-refractivity contribution in [2.24, 2.45) is 0 Å². The minimum atomic E-state index is -4.44. The zero-order chi connectivity index (χ0) is 39.2. The number of hydrogen-bond donors (Lipinski definition) is 4. The normalized spacial score (nSPS) is 18.0. The number of anilines is 1. The van der Waals surface area contributed by atoms with Gasteiger partial charge < -0.3 is 4.90 Å². The lowest BCUT2D eigenvalue weighted by Crippen LogP contribution is -2.28. The Hall–Kier alpha value is -3.17. The number of nitrogens with zero attached hydrogens (tertiary/aromatic N) is 2. The quantitative estimate of drug-likeness (QED) is 0.0244. The van der Waals surface area contributed by atoms with Crippen LogP contribution >= 0.6 is 12.0 Å². The molecule has 290 valence electrons. The maximum absolute atomic E-state index is 11.9. The van der Waals surface area contributed by atoms with E-state index in [-0.39, 0.29) is 29.2 Å². The van der Waals surface area contributed by atoms with E-state index >= 15 is 0 Å². The van der Waals surface area contributed by atoms with Gasteiger partial charge in [0.15, 0.2) is 5.71 Å². The van der Waals surface area contributed by atoms with Crippen molar-refractivity contribution in [2.75, 3.05) is 29.5 Å². The molecule has 0 aromatic heterocycles. The molecule has 4 N–H and O–H groups in total. The smallest absolute Gasteiger partial charge is 0.294 e. The summed E-state index contributed by atoms with van der Waals surface area (Å²) in [4.78, 5) is 2.45. The SMILES string of the molecule is CC1(C)C(/C=C/C=C/C=C/C=C2/N(CCCCS(=O)(=O)O)c3ccc(S(=O)(=O)O)cc3C2(C)C)=[N+](CCCCS(=O)(=O)O)c2ccc(SOOO)cc21. The van der Waals surface area contributed by atoms with Crippen LogP contribution in [0, 0.1) is 0 Å². The summed E-state index contributed by atoms with van der Waals surface area (Å²) in [6.45, 7) is 8.89. The molecule has 0 aliphatic carbocycles. The molecule has 0 unspecified atom stereocenters. The highest BCUT2D eigenvalue weighted by atomic mass is 32.2. The third-order valence-electron chi connectivity index (χ3n) is 9.21. The van der Waals surface area contributed by atoms with Gasteiger partial charge in [-0.25, -0.2) is 5.26 Å². The van der Waals surface area contributed by atoms with Crippen molar-refractivity contribution in [1.82, 2.24) is 0 Å². The van der Waals surface area contributed by atoms with E-state index in [9.17, 15) is 34.4 Å². The monoisotopic (exact) mass is 813 g/mol. The van der Waals surface area contributed by atoms with Crippen LogP contribution in [0.3, 0.4) is 0 Å². The largest absolute Gasteiger partial charge is 0.344 e. The van der Waals surface area contributed by atoms with Crippen LogP contribution in [-0.4, -0.2) is 79.1 Å². The fourth-order valence-corrected chi connectivity index (χ4v) is 8.70. The lowest BCUT2D eigenvalue weighted by Gasteiger charge is -2.27. The molecule has 4 rings (SSSR count). The number of allylic oxidation sites excluding steroid dienone is 8. The minimum absolute atomic E-state index is 0.225. The lowest BCUT2D eigenvalue weighted by atomic mass is 9.81. The summed E-state index contributed by atoms with van der Waals surface area (Å²) in [7, 11) is -12.6. The molecular formula is C35H45N2O12S4+. The van der Waals surface area contributed by atoms with Gasteiger partial charge in [0, 0.05) is 52.4 Å². The van der Waals surface area contributed by atoms with E-state index in [1.165, 1.54) is 12.1 Å². The number of unbranched alkanes of at least 4 members (excludes halogenated alkanes) is 2. The van der Waals surface area contributed by atoms with Gasteiger partial charge in [-0.2, -0.15) is 29.8 Å². The lowest BCUT2D eigenvalue weighted by molar-refractivity contribution is -0.438. The molecular weight excluding hydrogens is 769 g/mol. The Morgan fingerprint density at radius 1 is 0.774 bits per heavy atom. The van der Waals surface area contributed by atoms with E-state index in [2.05, 4.69) is 27.8 Å². The molecule has 53 heavy (non-hydrogen) atoms. The average Bonchev–Trinajstić information content (AvgIpc) is 3.39. The van der Waals surface area contributed by atoms with Crippen molar-refractivity contribution in [1.29, 1.82) is 0 Å². The third kappa shape index (κ3) is 11.0. The fraction of sp³-hybridized carbons (Fsp3) is 0.400. The first-order chi connectivity index (χ1) is 24.7. The van der Waals surface area contributed by atoms with Crippen LogP contribution in [0.1, 0.15) is 64.5 Å². The Morgan fingerprint density at radius 3 is 2.06 bits per heavy atom. The van der Waals surface area contributed by atoms with E-state index < -0.39 is 41.2 Å². The molecule has 18 heteroatoms. The first-order valence-corrected chi connectivity index (χ1v) is 22.0. The molecule has 0 fully saturated rings. The highest BCUT2D eigenvalue weighted by molar-refractivity contribution is 7.94. The summed E-state index contributed by atoms with van der Waals surface area (Å²) in [6.07, 6.45) is 14.6. The van der Waals surface area contributed by atoms with E-state index in [0.29, 0.717) is 36.4 Å². The molecule has 2 aliphatic rings. The van der Waals surface area contributed by atoms with Crippen molar-refractivity contribution in [3.63, 3.8) is 0 Å². The van der Waals surface area contributed by atoms with Gasteiger partial charge in [-0.05, 0) is 75.1 Å². The molecule has 0 atom stereocenters. The first-order valence-electron chi connectivity index (χ1n) is 16.6. The highest BCUT2D eigenvalue weighted by Gasteiger charge is 2.44. The van der Waals surface area contributed by atoms with Gasteiger partial charge in [0.2, 0.25) is 5.69 Å². The second-order valence-electron chi connectivity index (χ2n) is 13.7. The molecule has 2 aliphatic heterocycles. The van der Waals surface area contributed by atoms with Gasteiger partial charge in [0.1, 0.15) is 6.54 Å². The fourth-order valence-electron chi connectivity index (χ4n) is 6.65. The van der Waals surface area contributed by atoms with E-state index in [0.717, 1.165) is 40.4 Å².